The molecule has 2 aliphatic rings. The monoisotopic (exact) mass is 360 g/mol. The van der Waals surface area contributed by atoms with E-state index in [0.717, 1.165) is 30.4 Å². The maximum atomic E-state index is 13.3. The molecule has 2 aliphatic heterocycles. The van der Waals surface area contributed by atoms with Crippen LogP contribution in [0.1, 0.15) is 52.9 Å². The van der Waals surface area contributed by atoms with Gasteiger partial charge in [-0.15, -0.1) is 0 Å². The number of carbonyl (C=O) groups is 2. The van der Waals surface area contributed by atoms with Crippen LogP contribution in [0.2, 0.25) is 0 Å². The molecule has 0 aromatic rings. The van der Waals surface area contributed by atoms with Crippen LogP contribution in [0.3, 0.4) is 0 Å². The molecular weight excluding hydrogens is 328 g/mol. The Balaban J connectivity index is 2.42. The summed E-state index contributed by atoms with van der Waals surface area (Å²) in [7, 11) is 1.64. The Hall–Kier alpha value is -1.72. The van der Waals surface area contributed by atoms with Crippen molar-refractivity contribution in [1.82, 2.24) is 10.4 Å². The van der Waals surface area contributed by atoms with Gasteiger partial charge in [0.15, 0.2) is 5.78 Å². The van der Waals surface area contributed by atoms with Crippen molar-refractivity contribution < 1.29 is 14.4 Å². The first-order valence-corrected chi connectivity index (χ1v) is 9.62. The van der Waals surface area contributed by atoms with Gasteiger partial charge >= 0.3 is 0 Å². The van der Waals surface area contributed by atoms with Gasteiger partial charge in [0, 0.05) is 13.1 Å². The zero-order valence-electron chi connectivity index (χ0n) is 16.6. The second kappa shape index (κ2) is 8.78. The van der Waals surface area contributed by atoms with Crippen LogP contribution in [-0.4, -0.2) is 42.5 Å². The molecule has 0 aromatic carbocycles. The SMILES string of the molecule is C=C/C(C)=C\C(CC)/C(CCC)=C1\C(=O)NC2(CCN(OC)CC2)C1=O. The van der Waals surface area contributed by atoms with E-state index in [9.17, 15) is 9.59 Å². The predicted molar refractivity (Wildman–Crippen MR) is 103 cm³/mol. The van der Waals surface area contributed by atoms with E-state index in [1.807, 2.05) is 18.1 Å². The first kappa shape index (κ1) is 20.6. The fourth-order valence-electron chi connectivity index (χ4n) is 3.99. The maximum absolute atomic E-state index is 13.3. The van der Waals surface area contributed by atoms with Gasteiger partial charge in [0.1, 0.15) is 5.54 Å². The van der Waals surface area contributed by atoms with Gasteiger partial charge in [-0.2, -0.15) is 5.06 Å². The van der Waals surface area contributed by atoms with Crippen LogP contribution in [0.25, 0.3) is 0 Å². The Labute approximate surface area is 157 Å². The third-order valence-corrected chi connectivity index (χ3v) is 5.59. The molecular formula is C21H32N2O3. The second-order valence-electron chi connectivity index (χ2n) is 7.26. The first-order valence-electron chi connectivity index (χ1n) is 9.62. The Morgan fingerprint density at radius 3 is 2.50 bits per heavy atom. The average Bonchev–Trinajstić information content (AvgIpc) is 2.88. The first-order chi connectivity index (χ1) is 12.4. The number of hydroxylamine groups is 2. The van der Waals surface area contributed by atoms with E-state index < -0.39 is 5.54 Å². The van der Waals surface area contributed by atoms with Crippen molar-refractivity contribution >= 4 is 11.7 Å². The summed E-state index contributed by atoms with van der Waals surface area (Å²) < 4.78 is 0. The van der Waals surface area contributed by atoms with Crippen LogP contribution in [0.5, 0.6) is 0 Å². The van der Waals surface area contributed by atoms with Gasteiger partial charge in [-0.1, -0.05) is 44.6 Å². The number of carbonyl (C=O) groups excluding carboxylic acids is 2. The van der Waals surface area contributed by atoms with Crippen LogP contribution in [-0.2, 0) is 14.4 Å². The highest BCUT2D eigenvalue weighted by molar-refractivity contribution is 6.29. The lowest BCUT2D eigenvalue weighted by molar-refractivity contribution is -0.156. The van der Waals surface area contributed by atoms with E-state index in [4.69, 9.17) is 4.84 Å². The third kappa shape index (κ3) is 3.99. The molecule has 0 radical (unpaired) electrons. The lowest BCUT2D eigenvalue weighted by Crippen LogP contribution is -2.54. The zero-order chi connectivity index (χ0) is 19.3. The minimum Gasteiger partial charge on any atom is -0.339 e. The van der Waals surface area contributed by atoms with Crippen molar-refractivity contribution in [2.45, 2.75) is 58.4 Å². The van der Waals surface area contributed by atoms with Crippen molar-refractivity contribution in [2.75, 3.05) is 20.2 Å². The number of Topliss-reactive ketones (excluding diaryl/α,β-unsaturated/α-hetero) is 1. The molecule has 5 nitrogen and oxygen atoms in total. The molecule has 1 unspecified atom stereocenters. The Morgan fingerprint density at radius 2 is 2.00 bits per heavy atom. The Kier molecular flexibility index (Phi) is 6.95. The highest BCUT2D eigenvalue weighted by Crippen LogP contribution is 2.36. The summed E-state index contributed by atoms with van der Waals surface area (Å²) in [5.74, 6) is -0.135. The van der Waals surface area contributed by atoms with Crippen LogP contribution < -0.4 is 5.32 Å². The van der Waals surface area contributed by atoms with Crippen LogP contribution >= 0.6 is 0 Å². The molecule has 2 fully saturated rings. The number of amides is 1. The van der Waals surface area contributed by atoms with E-state index in [1.165, 1.54) is 0 Å². The zero-order valence-corrected chi connectivity index (χ0v) is 16.6. The fraction of sp³-hybridized carbons (Fsp3) is 0.619. The minimum atomic E-state index is -0.754. The highest BCUT2D eigenvalue weighted by atomic mass is 16.7. The lowest BCUT2D eigenvalue weighted by Gasteiger charge is -2.36. The number of piperidine rings is 1. The van der Waals surface area contributed by atoms with Gasteiger partial charge < -0.3 is 10.2 Å². The van der Waals surface area contributed by atoms with Crippen molar-refractivity contribution in [3.63, 3.8) is 0 Å². The molecule has 1 amide bonds. The van der Waals surface area contributed by atoms with Crippen LogP contribution in [0, 0.1) is 5.92 Å². The summed E-state index contributed by atoms with van der Waals surface area (Å²) in [6.07, 6.45) is 7.64. The Bertz CT molecular complexity index is 625. The van der Waals surface area contributed by atoms with Crippen molar-refractivity contribution in [3.8, 4) is 0 Å². The summed E-state index contributed by atoms with van der Waals surface area (Å²) in [5, 5.41) is 4.87. The number of hydrogen-bond acceptors (Lipinski definition) is 4. The molecule has 144 valence electrons. The molecule has 0 saturated carbocycles. The van der Waals surface area contributed by atoms with Gasteiger partial charge in [-0.05, 0) is 44.1 Å². The van der Waals surface area contributed by atoms with Crippen LogP contribution in [0.4, 0.5) is 0 Å². The molecule has 5 heteroatoms. The average molecular weight is 360 g/mol. The number of rotatable bonds is 7. The third-order valence-electron chi connectivity index (χ3n) is 5.59. The molecule has 1 spiro atoms. The Morgan fingerprint density at radius 1 is 1.35 bits per heavy atom. The quantitative estimate of drug-likeness (QED) is 0.430. The smallest absolute Gasteiger partial charge is 0.255 e. The van der Waals surface area contributed by atoms with Crippen molar-refractivity contribution in [2.24, 2.45) is 5.92 Å². The molecule has 0 bridgehead atoms. The van der Waals surface area contributed by atoms with E-state index in [2.05, 4.69) is 31.8 Å². The van der Waals surface area contributed by atoms with Gasteiger partial charge in [0.25, 0.3) is 5.91 Å². The van der Waals surface area contributed by atoms with E-state index >= 15 is 0 Å². The number of ketones is 1. The summed E-state index contributed by atoms with van der Waals surface area (Å²) in [5.41, 5.74) is 1.69. The van der Waals surface area contributed by atoms with E-state index in [0.29, 0.717) is 31.5 Å². The van der Waals surface area contributed by atoms with Crippen LogP contribution in [0.15, 0.2) is 35.5 Å². The number of allylic oxidation sites excluding steroid dienone is 4. The molecule has 2 heterocycles. The van der Waals surface area contributed by atoms with Gasteiger partial charge in [-0.3, -0.25) is 9.59 Å². The largest absolute Gasteiger partial charge is 0.339 e. The van der Waals surface area contributed by atoms with Gasteiger partial charge in [0.2, 0.25) is 0 Å². The van der Waals surface area contributed by atoms with Gasteiger partial charge in [-0.25, -0.2) is 0 Å². The topological polar surface area (TPSA) is 58.6 Å². The molecule has 1 atom stereocenters. The molecule has 0 aliphatic carbocycles. The highest BCUT2D eigenvalue weighted by Gasteiger charge is 2.51. The standard InChI is InChI=1S/C21H32N2O3/c1-6-9-17(16(8-3)14-15(4)7-2)18-19(24)21(22-20(18)25)10-12-23(26-5)13-11-21/h7,14,16H,2,6,8-13H2,1,3-5H3,(H,22,25)/b15-14-,18-17-. The second-order valence-corrected chi connectivity index (χ2v) is 7.26. The lowest BCUT2D eigenvalue weighted by atomic mass is 9.80. The molecule has 2 rings (SSSR count). The van der Waals surface area contributed by atoms with E-state index in [1.54, 1.807) is 7.11 Å². The number of nitrogens with one attached hydrogen (secondary N) is 1. The number of nitrogens with zero attached hydrogens (tertiary/aromatic N) is 1. The fourth-order valence-corrected chi connectivity index (χ4v) is 3.99. The summed E-state index contributed by atoms with van der Waals surface area (Å²) in [6, 6.07) is 0. The maximum Gasteiger partial charge on any atom is 0.255 e. The van der Waals surface area contributed by atoms with Gasteiger partial charge in [0.05, 0.1) is 12.7 Å². The minimum absolute atomic E-state index is 0.0233. The van der Waals surface area contributed by atoms with Crippen molar-refractivity contribution in [1.29, 1.82) is 0 Å². The molecule has 26 heavy (non-hydrogen) atoms. The molecule has 0 aromatic heterocycles. The van der Waals surface area contributed by atoms with Crippen molar-refractivity contribution in [3.05, 3.63) is 35.5 Å². The number of hydrogen-bond donors (Lipinski definition) is 1. The summed E-state index contributed by atoms with van der Waals surface area (Å²) >= 11 is 0. The molecule has 2 saturated heterocycles. The molecule has 1 N–H and O–H groups in total. The normalized spacial score (nSPS) is 23.9. The summed E-state index contributed by atoms with van der Waals surface area (Å²) in [4.78, 5) is 31.4. The summed E-state index contributed by atoms with van der Waals surface area (Å²) in [6.45, 7) is 11.3. The van der Waals surface area contributed by atoms with E-state index in [-0.39, 0.29) is 17.6 Å². The predicted octanol–water partition coefficient (Wildman–Crippen LogP) is 3.34.